The van der Waals surface area contributed by atoms with Gasteiger partial charge in [-0.1, -0.05) is 12.1 Å². The summed E-state index contributed by atoms with van der Waals surface area (Å²) in [6.45, 7) is -3.01. The minimum Gasteiger partial charge on any atom is -0.277 e. The molecule has 5 nitrogen and oxygen atoms in total. The van der Waals surface area contributed by atoms with Crippen LogP contribution in [0.5, 0.6) is 0 Å². The Morgan fingerprint density at radius 1 is 1.38 bits per heavy atom. The number of halogens is 3. The van der Waals surface area contributed by atoms with E-state index in [0.29, 0.717) is 9.04 Å². The molecule has 0 spiro atoms. The Balaban J connectivity index is 2.29. The van der Waals surface area contributed by atoms with E-state index in [0.717, 1.165) is 10.5 Å². The maximum absolute atomic E-state index is 12.7. The smallest absolute Gasteiger partial charge is 0.277 e. The van der Waals surface area contributed by atoms with Gasteiger partial charge < -0.3 is 0 Å². The summed E-state index contributed by atoms with van der Waals surface area (Å²) in [5.41, 5.74) is 0. The van der Waals surface area contributed by atoms with E-state index in [4.69, 9.17) is 0 Å². The number of nitrogens with zero attached hydrogens (tertiary/aromatic N) is 3. The molecule has 1 aromatic carbocycles. The van der Waals surface area contributed by atoms with Gasteiger partial charge in [0.15, 0.2) is 0 Å². The lowest BCUT2D eigenvalue weighted by atomic mass is 10.4. The molecule has 0 amide bonds. The van der Waals surface area contributed by atoms with Crippen LogP contribution in [0.1, 0.15) is 12.4 Å². The number of benzene rings is 1. The van der Waals surface area contributed by atoms with E-state index in [-0.39, 0.29) is 17.3 Å². The second-order valence-electron chi connectivity index (χ2n) is 4.22. The molecule has 1 aromatic heterocycles. The average molecular weight is 380 g/mol. The summed E-state index contributed by atoms with van der Waals surface area (Å²) in [6.07, 6.45) is 2.32. The zero-order chi connectivity index (χ0) is 15.6. The minimum atomic E-state index is -3.80. The van der Waals surface area contributed by atoms with Crippen molar-refractivity contribution in [2.45, 2.75) is 18.0 Å². The molecular formula is C12H12BrF2N3O2S. The number of alkyl halides is 2. The fourth-order valence-corrected chi connectivity index (χ4v) is 3.83. The fraction of sp³-hybridized carbons (Fsp3) is 0.250. The molecule has 1 heterocycles. The van der Waals surface area contributed by atoms with Crippen molar-refractivity contribution in [3.05, 3.63) is 47.0 Å². The molecule has 0 aliphatic rings. The largest absolute Gasteiger partial charge is 0.319 e. The van der Waals surface area contributed by atoms with Crippen molar-refractivity contribution in [2.75, 3.05) is 7.05 Å². The molecule has 0 N–H and O–H groups in total. The lowest BCUT2D eigenvalue weighted by Crippen LogP contribution is -2.28. The lowest BCUT2D eigenvalue weighted by molar-refractivity contribution is 0.0658. The monoisotopic (exact) mass is 379 g/mol. The molecule has 21 heavy (non-hydrogen) atoms. The van der Waals surface area contributed by atoms with Gasteiger partial charge in [0.05, 0.1) is 11.4 Å². The summed E-state index contributed by atoms with van der Waals surface area (Å²) in [4.78, 5) is 3.84. The summed E-state index contributed by atoms with van der Waals surface area (Å²) in [5.74, 6) is -0.0249. The first-order chi connectivity index (χ1) is 9.84. The van der Waals surface area contributed by atoms with Crippen LogP contribution in [0.15, 0.2) is 46.0 Å². The Bertz CT molecular complexity index is 734. The molecule has 2 rings (SSSR count). The first-order valence-electron chi connectivity index (χ1n) is 5.84. The highest BCUT2D eigenvalue weighted by Crippen LogP contribution is 2.25. The highest BCUT2D eigenvalue weighted by molar-refractivity contribution is 9.10. The zero-order valence-corrected chi connectivity index (χ0v) is 13.4. The second-order valence-corrected chi connectivity index (χ2v) is 7.09. The minimum absolute atomic E-state index is 0.0249. The topological polar surface area (TPSA) is 55.2 Å². The van der Waals surface area contributed by atoms with Crippen molar-refractivity contribution < 1.29 is 17.2 Å². The van der Waals surface area contributed by atoms with Gasteiger partial charge in [0.25, 0.3) is 0 Å². The SMILES string of the molecule is CN(Cc1nccn1C(F)F)S(=O)(=O)c1ccccc1Br. The van der Waals surface area contributed by atoms with Crippen LogP contribution < -0.4 is 0 Å². The predicted molar refractivity (Wildman–Crippen MR) is 76.3 cm³/mol. The van der Waals surface area contributed by atoms with Gasteiger partial charge in [0.2, 0.25) is 10.0 Å². The molecular weight excluding hydrogens is 368 g/mol. The molecule has 0 radical (unpaired) electrons. The Kier molecular flexibility index (Phi) is 4.74. The van der Waals surface area contributed by atoms with Crippen molar-refractivity contribution in [1.82, 2.24) is 13.9 Å². The van der Waals surface area contributed by atoms with Crippen molar-refractivity contribution in [3.8, 4) is 0 Å². The first-order valence-corrected chi connectivity index (χ1v) is 8.08. The molecule has 0 atom stereocenters. The van der Waals surface area contributed by atoms with E-state index >= 15 is 0 Å². The van der Waals surface area contributed by atoms with Crippen molar-refractivity contribution in [3.63, 3.8) is 0 Å². The van der Waals surface area contributed by atoms with Crippen LogP contribution in [0.2, 0.25) is 0 Å². The fourth-order valence-electron chi connectivity index (χ4n) is 1.75. The van der Waals surface area contributed by atoms with Crippen LogP contribution in [-0.4, -0.2) is 29.3 Å². The summed E-state index contributed by atoms with van der Waals surface area (Å²) in [5, 5.41) is 0. The van der Waals surface area contributed by atoms with Crippen molar-refractivity contribution in [1.29, 1.82) is 0 Å². The van der Waals surface area contributed by atoms with E-state index in [1.165, 1.54) is 19.3 Å². The van der Waals surface area contributed by atoms with Crippen LogP contribution in [0.25, 0.3) is 0 Å². The van der Waals surface area contributed by atoms with Gasteiger partial charge in [0, 0.05) is 23.9 Å². The molecule has 2 aromatic rings. The Morgan fingerprint density at radius 3 is 2.67 bits per heavy atom. The number of sulfonamides is 1. The maximum Gasteiger partial charge on any atom is 0.319 e. The molecule has 0 saturated carbocycles. The summed E-state index contributed by atoms with van der Waals surface area (Å²) in [6, 6.07) is 6.31. The standard InChI is InChI=1S/C12H12BrF2N3O2S/c1-17(8-11-16-6-7-18(11)12(14)15)21(19,20)10-5-3-2-4-9(10)13/h2-7,12H,8H2,1H3. The molecule has 0 aliphatic carbocycles. The number of rotatable bonds is 5. The van der Waals surface area contributed by atoms with Crippen molar-refractivity contribution in [2.24, 2.45) is 0 Å². The van der Waals surface area contributed by atoms with Crippen LogP contribution >= 0.6 is 15.9 Å². The highest BCUT2D eigenvalue weighted by atomic mass is 79.9. The van der Waals surface area contributed by atoms with E-state index in [2.05, 4.69) is 20.9 Å². The van der Waals surface area contributed by atoms with E-state index in [1.54, 1.807) is 18.2 Å². The van der Waals surface area contributed by atoms with Gasteiger partial charge in [-0.2, -0.15) is 13.1 Å². The molecule has 0 fully saturated rings. The van der Waals surface area contributed by atoms with Gasteiger partial charge in [-0.3, -0.25) is 4.57 Å². The quantitative estimate of drug-likeness (QED) is 0.802. The third-order valence-electron chi connectivity index (χ3n) is 2.85. The maximum atomic E-state index is 12.7. The molecule has 0 unspecified atom stereocenters. The number of aromatic nitrogens is 2. The number of hydrogen-bond acceptors (Lipinski definition) is 3. The Morgan fingerprint density at radius 2 is 2.05 bits per heavy atom. The van der Waals surface area contributed by atoms with E-state index in [9.17, 15) is 17.2 Å². The van der Waals surface area contributed by atoms with Crippen LogP contribution in [0.4, 0.5) is 8.78 Å². The number of imidazole rings is 1. The van der Waals surface area contributed by atoms with Gasteiger partial charge in [-0.15, -0.1) is 0 Å². The van der Waals surface area contributed by atoms with Gasteiger partial charge in [-0.25, -0.2) is 13.4 Å². The summed E-state index contributed by atoms with van der Waals surface area (Å²) < 4.78 is 52.4. The third-order valence-corrected chi connectivity index (χ3v) is 5.66. The Labute approximate surface area is 129 Å². The van der Waals surface area contributed by atoms with Gasteiger partial charge in [-0.05, 0) is 28.1 Å². The van der Waals surface area contributed by atoms with Gasteiger partial charge >= 0.3 is 6.55 Å². The van der Waals surface area contributed by atoms with Gasteiger partial charge in [0.1, 0.15) is 5.82 Å². The lowest BCUT2D eigenvalue weighted by Gasteiger charge is -2.18. The van der Waals surface area contributed by atoms with Crippen LogP contribution in [0.3, 0.4) is 0 Å². The molecule has 0 aliphatic heterocycles. The average Bonchev–Trinajstić information content (AvgIpc) is 2.87. The second kappa shape index (κ2) is 6.20. The predicted octanol–water partition coefficient (Wildman–Crippen LogP) is 2.86. The van der Waals surface area contributed by atoms with Crippen LogP contribution in [0, 0.1) is 0 Å². The number of hydrogen-bond donors (Lipinski definition) is 0. The highest BCUT2D eigenvalue weighted by Gasteiger charge is 2.25. The zero-order valence-electron chi connectivity index (χ0n) is 10.9. The Hall–Kier alpha value is -1.32. The van der Waals surface area contributed by atoms with Crippen LogP contribution in [-0.2, 0) is 16.6 Å². The third kappa shape index (κ3) is 3.30. The molecule has 0 saturated heterocycles. The molecule has 9 heteroatoms. The normalized spacial score (nSPS) is 12.3. The van der Waals surface area contributed by atoms with E-state index in [1.807, 2.05) is 0 Å². The summed E-state index contributed by atoms with van der Waals surface area (Å²) in [7, 11) is -2.48. The van der Waals surface area contributed by atoms with E-state index < -0.39 is 16.6 Å². The molecule has 114 valence electrons. The summed E-state index contributed by atoms with van der Waals surface area (Å²) >= 11 is 3.17. The first kappa shape index (κ1) is 16.1. The van der Waals surface area contributed by atoms with Crippen molar-refractivity contribution >= 4 is 26.0 Å². The molecule has 0 bridgehead atoms.